The standard InChI is InChI=1S/C12H17N3/c1-8-5-6-15-7-9(12(2,3)4)14-11(15)10(8)13/h5-7H,13H2,1-4H3. The Morgan fingerprint density at radius 3 is 2.60 bits per heavy atom. The van der Waals surface area contributed by atoms with E-state index in [0.717, 1.165) is 22.6 Å². The van der Waals surface area contributed by atoms with Crippen LogP contribution in [-0.4, -0.2) is 9.38 Å². The van der Waals surface area contributed by atoms with Crippen molar-refractivity contribution in [2.24, 2.45) is 0 Å². The highest BCUT2D eigenvalue weighted by molar-refractivity contribution is 5.68. The average molecular weight is 203 g/mol. The molecule has 0 aliphatic carbocycles. The summed E-state index contributed by atoms with van der Waals surface area (Å²) < 4.78 is 1.99. The Morgan fingerprint density at radius 1 is 1.33 bits per heavy atom. The summed E-state index contributed by atoms with van der Waals surface area (Å²) in [5.41, 5.74) is 9.83. The third-order valence-electron chi connectivity index (χ3n) is 2.65. The molecule has 0 aliphatic heterocycles. The molecule has 0 unspecified atom stereocenters. The average Bonchev–Trinajstić information content (AvgIpc) is 2.55. The minimum absolute atomic E-state index is 0.0619. The number of hydrogen-bond donors (Lipinski definition) is 1. The van der Waals surface area contributed by atoms with Crippen LogP contribution in [0.15, 0.2) is 18.5 Å². The van der Waals surface area contributed by atoms with E-state index >= 15 is 0 Å². The SMILES string of the molecule is Cc1ccn2cc(C(C)(C)C)nc2c1N. The molecule has 15 heavy (non-hydrogen) atoms. The molecule has 2 aromatic rings. The first-order valence-electron chi connectivity index (χ1n) is 5.14. The molecule has 0 aliphatic rings. The Labute approximate surface area is 89.9 Å². The van der Waals surface area contributed by atoms with Gasteiger partial charge >= 0.3 is 0 Å². The van der Waals surface area contributed by atoms with E-state index in [9.17, 15) is 0 Å². The van der Waals surface area contributed by atoms with E-state index in [-0.39, 0.29) is 5.41 Å². The van der Waals surface area contributed by atoms with E-state index in [4.69, 9.17) is 5.73 Å². The lowest BCUT2D eigenvalue weighted by molar-refractivity contribution is 0.573. The molecule has 0 aromatic carbocycles. The van der Waals surface area contributed by atoms with Crippen molar-refractivity contribution in [3.8, 4) is 0 Å². The number of pyridine rings is 1. The lowest BCUT2D eigenvalue weighted by atomic mass is 9.93. The molecule has 2 rings (SSSR count). The molecule has 2 N–H and O–H groups in total. The zero-order chi connectivity index (χ0) is 11.2. The molecule has 3 nitrogen and oxygen atoms in total. The first-order valence-corrected chi connectivity index (χ1v) is 5.14. The van der Waals surface area contributed by atoms with Crippen molar-refractivity contribution in [2.45, 2.75) is 33.1 Å². The second-order valence-electron chi connectivity index (χ2n) is 5.02. The largest absolute Gasteiger partial charge is 0.395 e. The van der Waals surface area contributed by atoms with E-state index in [1.807, 2.05) is 29.8 Å². The number of hydrogen-bond acceptors (Lipinski definition) is 2. The van der Waals surface area contributed by atoms with Crippen molar-refractivity contribution in [2.75, 3.05) is 5.73 Å². The summed E-state index contributed by atoms with van der Waals surface area (Å²) in [6.07, 6.45) is 4.05. The van der Waals surface area contributed by atoms with Gasteiger partial charge in [-0.2, -0.15) is 0 Å². The summed E-state index contributed by atoms with van der Waals surface area (Å²) >= 11 is 0. The maximum atomic E-state index is 5.99. The number of fused-ring (bicyclic) bond motifs is 1. The lowest BCUT2D eigenvalue weighted by Gasteiger charge is -2.13. The van der Waals surface area contributed by atoms with Crippen molar-refractivity contribution < 1.29 is 0 Å². The third-order valence-corrected chi connectivity index (χ3v) is 2.65. The van der Waals surface area contributed by atoms with Crippen LogP contribution in [0.25, 0.3) is 5.65 Å². The lowest BCUT2D eigenvalue weighted by Crippen LogP contribution is -2.11. The predicted molar refractivity (Wildman–Crippen MR) is 63.0 cm³/mol. The summed E-state index contributed by atoms with van der Waals surface area (Å²) in [4.78, 5) is 4.58. The van der Waals surface area contributed by atoms with Crippen LogP contribution in [-0.2, 0) is 5.41 Å². The second kappa shape index (κ2) is 2.99. The van der Waals surface area contributed by atoms with Crippen LogP contribution in [0, 0.1) is 6.92 Å². The number of rotatable bonds is 0. The van der Waals surface area contributed by atoms with Gasteiger partial charge in [0.1, 0.15) is 0 Å². The summed E-state index contributed by atoms with van der Waals surface area (Å²) in [6.45, 7) is 8.45. The highest BCUT2D eigenvalue weighted by atomic mass is 15.0. The molecular weight excluding hydrogens is 186 g/mol. The van der Waals surface area contributed by atoms with E-state index in [1.54, 1.807) is 0 Å². The minimum atomic E-state index is 0.0619. The van der Waals surface area contributed by atoms with E-state index in [1.165, 1.54) is 0 Å². The predicted octanol–water partition coefficient (Wildman–Crippen LogP) is 2.52. The van der Waals surface area contributed by atoms with Gasteiger partial charge in [-0.25, -0.2) is 4.98 Å². The molecule has 0 radical (unpaired) electrons. The van der Waals surface area contributed by atoms with Crippen molar-refractivity contribution >= 4 is 11.3 Å². The minimum Gasteiger partial charge on any atom is -0.395 e. The van der Waals surface area contributed by atoms with E-state index in [0.29, 0.717) is 0 Å². The first kappa shape index (κ1) is 10.0. The molecule has 2 heterocycles. The van der Waals surface area contributed by atoms with Crippen LogP contribution in [0.5, 0.6) is 0 Å². The number of imidazole rings is 1. The zero-order valence-electron chi connectivity index (χ0n) is 9.70. The summed E-state index contributed by atoms with van der Waals surface area (Å²) in [7, 11) is 0. The highest BCUT2D eigenvalue weighted by Crippen LogP contribution is 2.24. The maximum Gasteiger partial charge on any atom is 0.160 e. The van der Waals surface area contributed by atoms with Crippen LogP contribution >= 0.6 is 0 Å². The Balaban J connectivity index is 2.72. The van der Waals surface area contributed by atoms with Crippen molar-refractivity contribution in [1.82, 2.24) is 9.38 Å². The van der Waals surface area contributed by atoms with Gasteiger partial charge < -0.3 is 10.1 Å². The molecule has 3 heteroatoms. The normalized spacial score (nSPS) is 12.3. The number of nitrogens with two attached hydrogens (primary N) is 1. The van der Waals surface area contributed by atoms with Crippen molar-refractivity contribution in [3.63, 3.8) is 0 Å². The second-order valence-corrected chi connectivity index (χ2v) is 5.02. The fourth-order valence-electron chi connectivity index (χ4n) is 1.53. The Hall–Kier alpha value is -1.51. The zero-order valence-corrected chi connectivity index (χ0v) is 9.70. The van der Waals surface area contributed by atoms with Gasteiger partial charge in [0.2, 0.25) is 0 Å². The Kier molecular flexibility index (Phi) is 2.00. The Morgan fingerprint density at radius 2 is 2.00 bits per heavy atom. The topological polar surface area (TPSA) is 43.3 Å². The summed E-state index contributed by atoms with van der Waals surface area (Å²) in [5, 5.41) is 0. The fourth-order valence-corrected chi connectivity index (χ4v) is 1.53. The van der Waals surface area contributed by atoms with Crippen LogP contribution in [0.2, 0.25) is 0 Å². The molecule has 0 saturated carbocycles. The molecule has 0 fully saturated rings. The fraction of sp³-hybridized carbons (Fsp3) is 0.417. The quantitative estimate of drug-likeness (QED) is 0.715. The molecule has 0 bridgehead atoms. The number of aromatic nitrogens is 2. The number of nitrogens with zero attached hydrogens (tertiary/aromatic N) is 2. The Bertz CT molecular complexity index is 503. The first-order chi connectivity index (χ1) is 6.89. The smallest absolute Gasteiger partial charge is 0.160 e. The van der Waals surface area contributed by atoms with Gasteiger partial charge in [0, 0.05) is 17.8 Å². The van der Waals surface area contributed by atoms with Gasteiger partial charge in [-0.1, -0.05) is 20.8 Å². The molecule has 2 aromatic heterocycles. The van der Waals surface area contributed by atoms with Crippen molar-refractivity contribution in [1.29, 1.82) is 0 Å². The summed E-state index contributed by atoms with van der Waals surface area (Å²) in [6, 6.07) is 2.01. The summed E-state index contributed by atoms with van der Waals surface area (Å²) in [5.74, 6) is 0. The maximum absolute atomic E-state index is 5.99. The van der Waals surface area contributed by atoms with Gasteiger partial charge in [0.25, 0.3) is 0 Å². The van der Waals surface area contributed by atoms with E-state index < -0.39 is 0 Å². The van der Waals surface area contributed by atoms with Crippen molar-refractivity contribution in [3.05, 3.63) is 29.7 Å². The van der Waals surface area contributed by atoms with Crippen LogP contribution in [0.1, 0.15) is 32.0 Å². The van der Waals surface area contributed by atoms with Gasteiger partial charge in [-0.3, -0.25) is 0 Å². The highest BCUT2D eigenvalue weighted by Gasteiger charge is 2.18. The number of anilines is 1. The molecule has 0 spiro atoms. The molecule has 0 saturated heterocycles. The molecular formula is C12H17N3. The molecule has 0 amide bonds. The van der Waals surface area contributed by atoms with Gasteiger partial charge in [-0.15, -0.1) is 0 Å². The molecule has 0 atom stereocenters. The van der Waals surface area contributed by atoms with E-state index in [2.05, 4.69) is 25.8 Å². The third kappa shape index (κ3) is 1.58. The van der Waals surface area contributed by atoms with Gasteiger partial charge in [0.05, 0.1) is 11.4 Å². The van der Waals surface area contributed by atoms with Crippen LogP contribution in [0.4, 0.5) is 5.69 Å². The van der Waals surface area contributed by atoms with Gasteiger partial charge in [-0.05, 0) is 18.6 Å². The van der Waals surface area contributed by atoms with Crippen LogP contribution < -0.4 is 5.73 Å². The number of nitrogen functional groups attached to an aromatic ring is 1. The van der Waals surface area contributed by atoms with Gasteiger partial charge in [0.15, 0.2) is 5.65 Å². The molecule has 80 valence electrons. The number of aryl methyl sites for hydroxylation is 1. The van der Waals surface area contributed by atoms with Crippen LogP contribution in [0.3, 0.4) is 0 Å². The monoisotopic (exact) mass is 203 g/mol.